The molecule has 6 heteroatoms. The van der Waals surface area contributed by atoms with Crippen molar-refractivity contribution in [3.8, 4) is 0 Å². The van der Waals surface area contributed by atoms with Crippen LogP contribution >= 0.6 is 0 Å². The quantitative estimate of drug-likeness (QED) is 0.345. The molecule has 0 unspecified atom stereocenters. The van der Waals surface area contributed by atoms with Gasteiger partial charge in [0, 0.05) is 24.7 Å². The fourth-order valence-corrected chi connectivity index (χ4v) is 1.11. The van der Waals surface area contributed by atoms with Gasteiger partial charge in [-0.2, -0.15) is 5.10 Å². The molecule has 0 atom stereocenters. The second kappa shape index (κ2) is 4.85. The van der Waals surface area contributed by atoms with Gasteiger partial charge in [-0.25, -0.2) is 0 Å². The van der Waals surface area contributed by atoms with Crippen molar-refractivity contribution in [1.29, 1.82) is 0 Å². The maximum absolute atomic E-state index is 10.5. The van der Waals surface area contributed by atoms with Crippen molar-refractivity contribution in [2.24, 2.45) is 15.9 Å². The minimum Gasteiger partial charge on any atom is -0.323 e. The summed E-state index contributed by atoms with van der Waals surface area (Å²) in [6, 6.07) is 6.13. The average Bonchev–Trinajstić information content (AvgIpc) is 2.26. The first kappa shape index (κ1) is 10.8. The highest BCUT2D eigenvalue weighted by Gasteiger charge is 2.07. The Morgan fingerprint density at radius 1 is 1.60 bits per heavy atom. The summed E-state index contributed by atoms with van der Waals surface area (Å²) in [5.41, 5.74) is 1.13. The fourth-order valence-electron chi connectivity index (χ4n) is 1.11. The Hall–Kier alpha value is -2.24. The minimum atomic E-state index is -0.462. The van der Waals surface area contributed by atoms with E-state index >= 15 is 0 Å². The standard InChI is InChI=1S/C9H10N4O2/c1-11-9(6-12-10)7-3-2-4-8(5-7)13(14)15/h2-6H,10H2,1H3/b11-9?,12-6-. The van der Waals surface area contributed by atoms with Gasteiger partial charge in [-0.05, 0) is 0 Å². The van der Waals surface area contributed by atoms with E-state index in [-0.39, 0.29) is 5.69 Å². The molecule has 78 valence electrons. The molecule has 2 N–H and O–H groups in total. The van der Waals surface area contributed by atoms with Crippen LogP contribution in [0.4, 0.5) is 5.69 Å². The maximum atomic E-state index is 10.5. The van der Waals surface area contributed by atoms with E-state index in [4.69, 9.17) is 5.84 Å². The molecule has 0 saturated heterocycles. The van der Waals surface area contributed by atoms with E-state index < -0.39 is 4.92 Å². The first-order chi connectivity index (χ1) is 7.19. The van der Waals surface area contributed by atoms with Crippen molar-refractivity contribution in [3.63, 3.8) is 0 Å². The van der Waals surface area contributed by atoms with Gasteiger partial charge in [0.1, 0.15) is 0 Å². The van der Waals surface area contributed by atoms with Crippen LogP contribution in [0.3, 0.4) is 0 Å². The summed E-state index contributed by atoms with van der Waals surface area (Å²) < 4.78 is 0. The van der Waals surface area contributed by atoms with E-state index in [9.17, 15) is 10.1 Å². The molecule has 0 aromatic heterocycles. The molecule has 0 heterocycles. The highest BCUT2D eigenvalue weighted by Crippen LogP contribution is 2.13. The lowest BCUT2D eigenvalue weighted by atomic mass is 10.1. The fraction of sp³-hybridized carbons (Fsp3) is 0.111. The van der Waals surface area contributed by atoms with Crippen molar-refractivity contribution in [1.82, 2.24) is 0 Å². The third-order valence-corrected chi connectivity index (χ3v) is 1.79. The number of rotatable bonds is 3. The molecule has 0 fully saturated rings. The molecule has 1 aromatic rings. The van der Waals surface area contributed by atoms with Gasteiger partial charge in [0.25, 0.3) is 5.69 Å². The van der Waals surface area contributed by atoms with Crippen LogP contribution in [-0.2, 0) is 0 Å². The second-order valence-corrected chi connectivity index (χ2v) is 2.69. The van der Waals surface area contributed by atoms with E-state index in [0.29, 0.717) is 11.3 Å². The molecule has 6 nitrogen and oxygen atoms in total. The van der Waals surface area contributed by atoms with E-state index in [1.807, 2.05) is 0 Å². The normalized spacial score (nSPS) is 11.9. The summed E-state index contributed by atoms with van der Waals surface area (Å²) in [5, 5.41) is 13.9. The van der Waals surface area contributed by atoms with Crippen molar-refractivity contribution in [3.05, 3.63) is 39.9 Å². The summed E-state index contributed by atoms with van der Waals surface area (Å²) in [7, 11) is 1.57. The number of nitrogens with zero attached hydrogens (tertiary/aromatic N) is 3. The molecule has 1 aromatic carbocycles. The largest absolute Gasteiger partial charge is 0.323 e. The van der Waals surface area contributed by atoms with Crippen LogP contribution in [0.25, 0.3) is 0 Å². The number of aliphatic imine (C=N–C) groups is 1. The van der Waals surface area contributed by atoms with Crippen LogP contribution < -0.4 is 5.84 Å². The van der Waals surface area contributed by atoms with Crippen molar-refractivity contribution in [2.75, 3.05) is 7.05 Å². The summed E-state index contributed by atoms with van der Waals surface area (Å²) in [6.45, 7) is 0. The highest BCUT2D eigenvalue weighted by atomic mass is 16.6. The van der Waals surface area contributed by atoms with Crippen molar-refractivity contribution < 1.29 is 4.92 Å². The van der Waals surface area contributed by atoms with Crippen LogP contribution in [-0.4, -0.2) is 23.9 Å². The maximum Gasteiger partial charge on any atom is 0.270 e. The average molecular weight is 206 g/mol. The highest BCUT2D eigenvalue weighted by molar-refractivity contribution is 6.38. The van der Waals surface area contributed by atoms with Gasteiger partial charge >= 0.3 is 0 Å². The van der Waals surface area contributed by atoms with Crippen LogP contribution in [0.15, 0.2) is 34.4 Å². The van der Waals surface area contributed by atoms with Crippen LogP contribution in [0, 0.1) is 10.1 Å². The third-order valence-electron chi connectivity index (χ3n) is 1.79. The summed E-state index contributed by atoms with van der Waals surface area (Å²) in [5.74, 6) is 4.99. The molecule has 0 saturated carbocycles. The van der Waals surface area contributed by atoms with E-state index in [1.165, 1.54) is 18.3 Å². The predicted molar refractivity (Wildman–Crippen MR) is 58.2 cm³/mol. The van der Waals surface area contributed by atoms with Gasteiger partial charge < -0.3 is 5.84 Å². The smallest absolute Gasteiger partial charge is 0.270 e. The SMILES string of the molecule is CN=C(/C=N\N)c1cccc([N+](=O)[O-])c1. The number of hydrogen-bond donors (Lipinski definition) is 1. The zero-order valence-electron chi connectivity index (χ0n) is 8.12. The van der Waals surface area contributed by atoms with E-state index in [2.05, 4.69) is 10.1 Å². The molecular weight excluding hydrogens is 196 g/mol. The monoisotopic (exact) mass is 206 g/mol. The van der Waals surface area contributed by atoms with Gasteiger partial charge in [-0.15, -0.1) is 0 Å². The Bertz CT molecular complexity index is 426. The zero-order chi connectivity index (χ0) is 11.3. The number of nitro benzene ring substituents is 1. The van der Waals surface area contributed by atoms with Crippen LogP contribution in [0.5, 0.6) is 0 Å². The Morgan fingerprint density at radius 3 is 2.87 bits per heavy atom. The van der Waals surface area contributed by atoms with Gasteiger partial charge in [0.2, 0.25) is 0 Å². The van der Waals surface area contributed by atoms with Crippen LogP contribution in [0.1, 0.15) is 5.56 Å². The second-order valence-electron chi connectivity index (χ2n) is 2.69. The number of nitro groups is 1. The van der Waals surface area contributed by atoms with Crippen LogP contribution in [0.2, 0.25) is 0 Å². The van der Waals surface area contributed by atoms with Crippen molar-refractivity contribution >= 4 is 17.6 Å². The molecule has 0 aliphatic carbocycles. The molecule has 0 amide bonds. The topological polar surface area (TPSA) is 93.9 Å². The van der Waals surface area contributed by atoms with Gasteiger partial charge in [-0.3, -0.25) is 15.1 Å². The first-order valence-electron chi connectivity index (χ1n) is 4.14. The van der Waals surface area contributed by atoms with Crippen molar-refractivity contribution in [2.45, 2.75) is 0 Å². The van der Waals surface area contributed by atoms with Gasteiger partial charge in [0.15, 0.2) is 0 Å². The Morgan fingerprint density at radius 2 is 2.33 bits per heavy atom. The zero-order valence-corrected chi connectivity index (χ0v) is 8.12. The lowest BCUT2D eigenvalue weighted by Crippen LogP contribution is -2.04. The molecule has 15 heavy (non-hydrogen) atoms. The minimum absolute atomic E-state index is 0.0130. The Balaban J connectivity index is 3.15. The van der Waals surface area contributed by atoms with E-state index in [1.54, 1.807) is 19.2 Å². The molecule has 0 bridgehead atoms. The lowest BCUT2D eigenvalue weighted by molar-refractivity contribution is -0.384. The molecule has 0 radical (unpaired) electrons. The Labute approximate surface area is 86.3 Å². The first-order valence-corrected chi connectivity index (χ1v) is 4.14. The Kier molecular flexibility index (Phi) is 3.50. The van der Waals surface area contributed by atoms with Gasteiger partial charge in [0.05, 0.1) is 16.8 Å². The number of benzene rings is 1. The molecular formula is C9H10N4O2. The van der Waals surface area contributed by atoms with Gasteiger partial charge in [-0.1, -0.05) is 12.1 Å². The number of hydrogen-bond acceptors (Lipinski definition) is 5. The molecule has 0 aliphatic heterocycles. The third kappa shape index (κ3) is 2.60. The number of nitrogens with two attached hydrogens (primary N) is 1. The predicted octanol–water partition coefficient (Wildman–Crippen LogP) is 0.958. The summed E-state index contributed by atoms with van der Waals surface area (Å²) >= 11 is 0. The lowest BCUT2D eigenvalue weighted by Gasteiger charge is -1.99. The molecule has 1 rings (SSSR count). The summed E-state index contributed by atoms with van der Waals surface area (Å²) in [4.78, 5) is 14.0. The van der Waals surface area contributed by atoms with E-state index in [0.717, 1.165) is 0 Å². The summed E-state index contributed by atoms with van der Waals surface area (Å²) in [6.07, 6.45) is 1.35. The number of non-ortho nitro benzene ring substituents is 1. The molecule has 0 aliphatic rings. The number of hydrazone groups is 1. The molecule has 0 spiro atoms.